The predicted molar refractivity (Wildman–Crippen MR) is 72.6 cm³/mol. The molecular formula is C14H20N4. The molecule has 0 radical (unpaired) electrons. The van der Waals surface area contributed by atoms with Crippen molar-refractivity contribution in [2.75, 3.05) is 6.54 Å². The number of pyridine rings is 1. The van der Waals surface area contributed by atoms with E-state index in [-0.39, 0.29) is 0 Å². The molecule has 0 atom stereocenters. The zero-order valence-electron chi connectivity index (χ0n) is 11.1. The maximum absolute atomic E-state index is 4.73. The minimum Gasteiger partial charge on any atom is -0.314 e. The van der Waals surface area contributed by atoms with Crippen LogP contribution in [-0.4, -0.2) is 27.1 Å². The molecule has 1 aliphatic carbocycles. The van der Waals surface area contributed by atoms with E-state index in [2.05, 4.69) is 34.8 Å². The first-order chi connectivity index (χ1) is 8.75. The Hall–Kier alpha value is -1.42. The maximum Gasteiger partial charge on any atom is 0.160 e. The summed E-state index contributed by atoms with van der Waals surface area (Å²) in [6.45, 7) is 5.32. The molecule has 1 fully saturated rings. The number of aromatic nitrogens is 3. The first-order valence-electron chi connectivity index (χ1n) is 6.81. The second kappa shape index (κ2) is 4.69. The Morgan fingerprint density at radius 3 is 3.00 bits per heavy atom. The SMILES string of the molecule is CC(C)NCCc1nc2cccnc2n1C1CC1. The van der Waals surface area contributed by atoms with Gasteiger partial charge in [0.15, 0.2) is 5.65 Å². The van der Waals surface area contributed by atoms with Crippen molar-refractivity contribution in [1.82, 2.24) is 19.9 Å². The van der Waals surface area contributed by atoms with Crippen LogP contribution < -0.4 is 5.32 Å². The van der Waals surface area contributed by atoms with E-state index in [1.807, 2.05) is 12.3 Å². The molecule has 0 aliphatic heterocycles. The van der Waals surface area contributed by atoms with E-state index in [9.17, 15) is 0 Å². The van der Waals surface area contributed by atoms with Crippen molar-refractivity contribution >= 4 is 11.2 Å². The Labute approximate surface area is 107 Å². The molecule has 3 rings (SSSR count). The Morgan fingerprint density at radius 1 is 1.44 bits per heavy atom. The molecule has 96 valence electrons. The first kappa shape index (κ1) is 11.7. The molecule has 4 heteroatoms. The fourth-order valence-corrected chi connectivity index (χ4v) is 2.34. The third kappa shape index (κ3) is 2.25. The standard InChI is InChI=1S/C14H20N4/c1-10(2)15-9-7-13-17-12-4-3-8-16-14(12)18(13)11-5-6-11/h3-4,8,10-11,15H,5-7,9H2,1-2H3. The summed E-state index contributed by atoms with van der Waals surface area (Å²) in [7, 11) is 0. The second-order valence-electron chi connectivity index (χ2n) is 5.33. The summed E-state index contributed by atoms with van der Waals surface area (Å²) >= 11 is 0. The third-order valence-electron chi connectivity index (χ3n) is 3.34. The summed E-state index contributed by atoms with van der Waals surface area (Å²) in [5, 5.41) is 3.45. The van der Waals surface area contributed by atoms with Crippen LogP contribution in [0.3, 0.4) is 0 Å². The molecule has 2 heterocycles. The Kier molecular flexibility index (Phi) is 3.04. The van der Waals surface area contributed by atoms with Crippen molar-refractivity contribution in [3.8, 4) is 0 Å². The highest BCUT2D eigenvalue weighted by Gasteiger charge is 2.28. The molecule has 0 amide bonds. The van der Waals surface area contributed by atoms with Crippen molar-refractivity contribution in [3.05, 3.63) is 24.2 Å². The van der Waals surface area contributed by atoms with Gasteiger partial charge in [0, 0.05) is 31.2 Å². The summed E-state index contributed by atoms with van der Waals surface area (Å²) in [5.41, 5.74) is 2.09. The Bertz CT molecular complexity index is 540. The monoisotopic (exact) mass is 244 g/mol. The summed E-state index contributed by atoms with van der Waals surface area (Å²) in [6, 6.07) is 5.18. The lowest BCUT2D eigenvalue weighted by Gasteiger charge is -2.09. The highest BCUT2D eigenvalue weighted by atomic mass is 15.2. The van der Waals surface area contributed by atoms with Crippen molar-refractivity contribution in [3.63, 3.8) is 0 Å². The topological polar surface area (TPSA) is 42.7 Å². The number of nitrogens with one attached hydrogen (secondary N) is 1. The van der Waals surface area contributed by atoms with E-state index in [0.717, 1.165) is 24.1 Å². The lowest BCUT2D eigenvalue weighted by Crippen LogP contribution is -2.25. The minimum atomic E-state index is 0.530. The van der Waals surface area contributed by atoms with Gasteiger partial charge in [-0.1, -0.05) is 13.8 Å². The van der Waals surface area contributed by atoms with Crippen molar-refractivity contribution < 1.29 is 0 Å². The van der Waals surface area contributed by atoms with Gasteiger partial charge in [-0.15, -0.1) is 0 Å². The predicted octanol–water partition coefficient (Wildman–Crippen LogP) is 2.31. The Morgan fingerprint density at radius 2 is 2.28 bits per heavy atom. The van der Waals surface area contributed by atoms with Gasteiger partial charge in [0.25, 0.3) is 0 Å². The van der Waals surface area contributed by atoms with Crippen LogP contribution in [0.1, 0.15) is 38.6 Å². The fraction of sp³-hybridized carbons (Fsp3) is 0.571. The van der Waals surface area contributed by atoms with Crippen LogP contribution >= 0.6 is 0 Å². The lowest BCUT2D eigenvalue weighted by atomic mass is 10.3. The normalized spacial score (nSPS) is 15.7. The van der Waals surface area contributed by atoms with E-state index in [1.54, 1.807) is 0 Å². The number of hydrogen-bond donors (Lipinski definition) is 1. The van der Waals surface area contributed by atoms with Gasteiger partial charge in [-0.3, -0.25) is 0 Å². The molecule has 1 aliphatic rings. The van der Waals surface area contributed by atoms with Crippen molar-refractivity contribution in [2.45, 2.75) is 45.2 Å². The van der Waals surface area contributed by atoms with Gasteiger partial charge < -0.3 is 9.88 Å². The summed E-state index contributed by atoms with van der Waals surface area (Å²) in [5.74, 6) is 1.18. The molecule has 0 unspecified atom stereocenters. The maximum atomic E-state index is 4.73. The van der Waals surface area contributed by atoms with Crippen LogP contribution in [0.25, 0.3) is 11.2 Å². The molecular weight excluding hydrogens is 224 g/mol. The summed E-state index contributed by atoms with van der Waals surface area (Å²) in [6.07, 6.45) is 5.38. The van der Waals surface area contributed by atoms with Crippen LogP contribution in [0.2, 0.25) is 0 Å². The lowest BCUT2D eigenvalue weighted by molar-refractivity contribution is 0.571. The third-order valence-corrected chi connectivity index (χ3v) is 3.34. The Balaban J connectivity index is 1.88. The number of hydrogen-bond acceptors (Lipinski definition) is 3. The number of rotatable bonds is 5. The number of fused-ring (bicyclic) bond motifs is 1. The van der Waals surface area contributed by atoms with Crippen LogP contribution in [-0.2, 0) is 6.42 Å². The molecule has 0 aromatic carbocycles. The van der Waals surface area contributed by atoms with Crippen LogP contribution in [0, 0.1) is 0 Å². The van der Waals surface area contributed by atoms with Crippen molar-refractivity contribution in [1.29, 1.82) is 0 Å². The van der Waals surface area contributed by atoms with E-state index in [0.29, 0.717) is 12.1 Å². The smallest absolute Gasteiger partial charge is 0.160 e. The average molecular weight is 244 g/mol. The van der Waals surface area contributed by atoms with Crippen LogP contribution in [0.4, 0.5) is 0 Å². The zero-order chi connectivity index (χ0) is 12.5. The molecule has 18 heavy (non-hydrogen) atoms. The van der Waals surface area contributed by atoms with E-state index in [4.69, 9.17) is 4.98 Å². The van der Waals surface area contributed by atoms with Crippen LogP contribution in [0.5, 0.6) is 0 Å². The van der Waals surface area contributed by atoms with E-state index < -0.39 is 0 Å². The molecule has 4 nitrogen and oxygen atoms in total. The number of nitrogens with zero attached hydrogens (tertiary/aromatic N) is 3. The van der Waals surface area contributed by atoms with Gasteiger partial charge in [0.1, 0.15) is 11.3 Å². The van der Waals surface area contributed by atoms with Gasteiger partial charge in [0.2, 0.25) is 0 Å². The average Bonchev–Trinajstić information content (AvgIpc) is 3.10. The number of imidazole rings is 1. The molecule has 0 spiro atoms. The quantitative estimate of drug-likeness (QED) is 0.877. The largest absolute Gasteiger partial charge is 0.314 e. The first-order valence-corrected chi connectivity index (χ1v) is 6.81. The highest BCUT2D eigenvalue weighted by molar-refractivity contribution is 5.71. The van der Waals surface area contributed by atoms with Gasteiger partial charge in [-0.2, -0.15) is 0 Å². The molecule has 0 bridgehead atoms. The van der Waals surface area contributed by atoms with Gasteiger partial charge in [-0.25, -0.2) is 9.97 Å². The zero-order valence-corrected chi connectivity index (χ0v) is 11.1. The van der Waals surface area contributed by atoms with Gasteiger partial charge in [-0.05, 0) is 25.0 Å². The summed E-state index contributed by atoms with van der Waals surface area (Å²) in [4.78, 5) is 9.22. The molecule has 2 aromatic heterocycles. The molecule has 1 N–H and O–H groups in total. The minimum absolute atomic E-state index is 0.530. The van der Waals surface area contributed by atoms with Gasteiger partial charge in [0.05, 0.1) is 0 Å². The van der Waals surface area contributed by atoms with Crippen molar-refractivity contribution in [2.24, 2.45) is 0 Å². The molecule has 0 saturated heterocycles. The summed E-state index contributed by atoms with van der Waals surface area (Å²) < 4.78 is 2.34. The fourth-order valence-electron chi connectivity index (χ4n) is 2.34. The van der Waals surface area contributed by atoms with Crippen LogP contribution in [0.15, 0.2) is 18.3 Å². The molecule has 2 aromatic rings. The van der Waals surface area contributed by atoms with Gasteiger partial charge >= 0.3 is 0 Å². The van der Waals surface area contributed by atoms with E-state index >= 15 is 0 Å². The second-order valence-corrected chi connectivity index (χ2v) is 5.33. The molecule has 1 saturated carbocycles. The van der Waals surface area contributed by atoms with E-state index in [1.165, 1.54) is 18.7 Å². The highest BCUT2D eigenvalue weighted by Crippen LogP contribution is 2.38.